The third-order valence-electron chi connectivity index (χ3n) is 4.98. The van der Waals surface area contributed by atoms with Crippen LogP contribution >= 0.6 is 23.1 Å². The smallest absolute Gasteiger partial charge is 0.281 e. The molecule has 0 atom stereocenters. The van der Waals surface area contributed by atoms with E-state index in [9.17, 15) is 9.59 Å². The van der Waals surface area contributed by atoms with Crippen LogP contribution in [0.4, 0.5) is 15.6 Å². The van der Waals surface area contributed by atoms with Crippen LogP contribution < -0.4 is 4.90 Å². The lowest BCUT2D eigenvalue weighted by Crippen LogP contribution is -2.32. The molecule has 150 valence electrons. The molecule has 1 saturated heterocycles. The first-order valence-corrected chi connectivity index (χ1v) is 11.5. The third-order valence-corrected chi connectivity index (χ3v) is 6.90. The van der Waals surface area contributed by atoms with Gasteiger partial charge in [0, 0.05) is 25.3 Å². The largest absolute Gasteiger partial charge is 0.332 e. The van der Waals surface area contributed by atoms with Crippen molar-refractivity contribution in [2.75, 3.05) is 23.7 Å². The predicted molar refractivity (Wildman–Crippen MR) is 121 cm³/mol. The van der Waals surface area contributed by atoms with Crippen LogP contribution in [0.3, 0.4) is 0 Å². The minimum absolute atomic E-state index is 0.0500. The van der Waals surface area contributed by atoms with Gasteiger partial charge in [0.15, 0.2) is 5.13 Å². The fourth-order valence-electron chi connectivity index (χ4n) is 3.30. The summed E-state index contributed by atoms with van der Waals surface area (Å²) in [5, 5.41) is 0.723. The van der Waals surface area contributed by atoms with E-state index in [4.69, 9.17) is 4.98 Å². The van der Waals surface area contributed by atoms with Crippen LogP contribution in [-0.4, -0.2) is 39.9 Å². The van der Waals surface area contributed by atoms with E-state index in [0.717, 1.165) is 21.7 Å². The van der Waals surface area contributed by atoms with Gasteiger partial charge in [0.05, 0.1) is 15.9 Å². The van der Waals surface area contributed by atoms with Crippen LogP contribution in [-0.2, 0) is 4.79 Å². The van der Waals surface area contributed by atoms with Crippen LogP contribution in [0, 0.1) is 0 Å². The molecule has 7 heteroatoms. The lowest BCUT2D eigenvalue weighted by molar-refractivity contribution is -0.118. The lowest BCUT2D eigenvalue weighted by Gasteiger charge is -2.22. The summed E-state index contributed by atoms with van der Waals surface area (Å²) in [4.78, 5) is 33.3. The summed E-state index contributed by atoms with van der Waals surface area (Å²) >= 11 is 2.82. The monoisotopic (exact) mass is 425 g/mol. The SMILES string of the molecule is CC(C)c1ccc(N(C(=O)CCN2CCSC2=O)c2nc3ccccc3s2)cc1. The zero-order chi connectivity index (χ0) is 20.4. The number of benzene rings is 2. The number of hydrogen-bond acceptors (Lipinski definition) is 5. The molecule has 4 rings (SSSR count). The van der Waals surface area contributed by atoms with Crippen LogP contribution in [0.5, 0.6) is 0 Å². The number of fused-ring (bicyclic) bond motifs is 1. The van der Waals surface area contributed by atoms with Gasteiger partial charge in [-0.1, -0.05) is 61.2 Å². The number of carbonyl (C=O) groups excluding carboxylic acids is 2. The van der Waals surface area contributed by atoms with Gasteiger partial charge >= 0.3 is 0 Å². The molecule has 1 fully saturated rings. The van der Waals surface area contributed by atoms with E-state index >= 15 is 0 Å². The fourth-order valence-corrected chi connectivity index (χ4v) is 5.15. The Morgan fingerprint density at radius 3 is 2.59 bits per heavy atom. The fraction of sp³-hybridized carbons (Fsp3) is 0.318. The molecule has 3 aromatic rings. The van der Waals surface area contributed by atoms with Gasteiger partial charge in [-0.25, -0.2) is 4.98 Å². The predicted octanol–water partition coefficient (Wildman–Crippen LogP) is 5.64. The average Bonchev–Trinajstić information content (AvgIpc) is 3.32. The van der Waals surface area contributed by atoms with Gasteiger partial charge in [-0.05, 0) is 35.7 Å². The molecule has 0 aliphatic carbocycles. The number of amides is 2. The number of thiazole rings is 1. The van der Waals surface area contributed by atoms with Crippen LogP contribution in [0.1, 0.15) is 31.7 Å². The summed E-state index contributed by atoms with van der Waals surface area (Å²) in [6.45, 7) is 5.45. The molecule has 1 aliphatic rings. The van der Waals surface area contributed by atoms with E-state index < -0.39 is 0 Å². The maximum atomic E-state index is 13.3. The highest BCUT2D eigenvalue weighted by molar-refractivity contribution is 8.13. The quantitative estimate of drug-likeness (QED) is 0.513. The standard InChI is InChI=1S/C22H23N3O2S2/c1-15(2)16-7-9-17(10-8-16)25(20(26)11-12-24-13-14-28-22(24)27)21-23-18-5-3-4-6-19(18)29-21/h3-10,15H,11-14H2,1-2H3. The Morgan fingerprint density at radius 2 is 1.93 bits per heavy atom. The molecule has 0 saturated carbocycles. The summed E-state index contributed by atoms with van der Waals surface area (Å²) in [6.07, 6.45) is 0.272. The number of thioether (sulfide) groups is 1. The van der Waals surface area contributed by atoms with Gasteiger partial charge in [-0.2, -0.15) is 0 Å². The van der Waals surface area contributed by atoms with Crippen molar-refractivity contribution in [3.63, 3.8) is 0 Å². The minimum Gasteiger partial charge on any atom is -0.332 e. The molecular weight excluding hydrogens is 402 g/mol. The van der Waals surface area contributed by atoms with Gasteiger partial charge in [0.25, 0.3) is 5.24 Å². The maximum absolute atomic E-state index is 13.3. The highest BCUT2D eigenvalue weighted by Crippen LogP contribution is 2.34. The van der Waals surface area contributed by atoms with Crippen LogP contribution in [0.15, 0.2) is 48.5 Å². The Bertz CT molecular complexity index is 997. The topological polar surface area (TPSA) is 53.5 Å². The summed E-state index contributed by atoms with van der Waals surface area (Å²) in [7, 11) is 0. The molecule has 0 radical (unpaired) electrons. The first-order chi connectivity index (χ1) is 14.0. The Hall–Kier alpha value is -2.38. The molecule has 0 unspecified atom stereocenters. The molecule has 2 heterocycles. The van der Waals surface area contributed by atoms with Crippen molar-refractivity contribution in [2.45, 2.75) is 26.2 Å². The number of anilines is 2. The third kappa shape index (κ3) is 4.31. The molecule has 1 aromatic heterocycles. The van der Waals surface area contributed by atoms with Crippen molar-refractivity contribution >= 4 is 55.3 Å². The van der Waals surface area contributed by atoms with Gasteiger partial charge in [0.1, 0.15) is 0 Å². The molecule has 0 N–H and O–H groups in total. The molecule has 29 heavy (non-hydrogen) atoms. The first-order valence-electron chi connectivity index (χ1n) is 9.73. The number of nitrogens with zero attached hydrogens (tertiary/aromatic N) is 3. The normalized spacial score (nSPS) is 14.2. The van der Waals surface area contributed by atoms with E-state index in [1.165, 1.54) is 28.7 Å². The second kappa shape index (κ2) is 8.55. The van der Waals surface area contributed by atoms with Crippen LogP contribution in [0.2, 0.25) is 0 Å². The van der Waals surface area contributed by atoms with E-state index in [2.05, 4.69) is 26.0 Å². The van der Waals surface area contributed by atoms with Crippen molar-refractivity contribution < 1.29 is 9.59 Å². The van der Waals surface area contributed by atoms with Crippen molar-refractivity contribution in [1.82, 2.24) is 9.88 Å². The van der Waals surface area contributed by atoms with Gasteiger partial charge in [-0.15, -0.1) is 0 Å². The van der Waals surface area contributed by atoms with E-state index in [1.807, 2.05) is 36.4 Å². The van der Waals surface area contributed by atoms with E-state index in [-0.39, 0.29) is 17.6 Å². The zero-order valence-electron chi connectivity index (χ0n) is 16.5. The summed E-state index contributed by atoms with van der Waals surface area (Å²) in [5.41, 5.74) is 2.92. The molecule has 2 amide bonds. The number of aromatic nitrogens is 1. The zero-order valence-corrected chi connectivity index (χ0v) is 18.1. The van der Waals surface area contributed by atoms with Gasteiger partial charge < -0.3 is 4.90 Å². The molecule has 1 aliphatic heterocycles. The highest BCUT2D eigenvalue weighted by Gasteiger charge is 2.25. The summed E-state index contributed by atoms with van der Waals surface area (Å²) < 4.78 is 1.05. The first kappa shape index (κ1) is 19.9. The molecule has 5 nitrogen and oxygen atoms in total. The summed E-state index contributed by atoms with van der Waals surface area (Å²) in [6, 6.07) is 16.0. The molecule has 0 spiro atoms. The number of carbonyl (C=O) groups is 2. The summed E-state index contributed by atoms with van der Waals surface area (Å²) in [5.74, 6) is 1.17. The number of para-hydroxylation sites is 1. The number of hydrogen-bond donors (Lipinski definition) is 0. The van der Waals surface area contributed by atoms with E-state index in [0.29, 0.717) is 24.1 Å². The maximum Gasteiger partial charge on any atom is 0.281 e. The Balaban J connectivity index is 1.64. The van der Waals surface area contributed by atoms with Crippen molar-refractivity contribution in [2.24, 2.45) is 0 Å². The Morgan fingerprint density at radius 1 is 1.17 bits per heavy atom. The lowest BCUT2D eigenvalue weighted by atomic mass is 10.0. The Labute approximate surface area is 178 Å². The van der Waals surface area contributed by atoms with Gasteiger partial charge in [0.2, 0.25) is 5.91 Å². The van der Waals surface area contributed by atoms with E-state index in [1.54, 1.807) is 9.80 Å². The highest BCUT2D eigenvalue weighted by atomic mass is 32.2. The molecule has 2 aromatic carbocycles. The van der Waals surface area contributed by atoms with Crippen molar-refractivity contribution in [1.29, 1.82) is 0 Å². The van der Waals surface area contributed by atoms with Gasteiger partial charge in [-0.3, -0.25) is 14.5 Å². The van der Waals surface area contributed by atoms with Crippen LogP contribution in [0.25, 0.3) is 10.2 Å². The molecular formula is C22H23N3O2S2. The Kier molecular flexibility index (Phi) is 5.87. The average molecular weight is 426 g/mol. The second-order valence-electron chi connectivity index (χ2n) is 7.29. The van der Waals surface area contributed by atoms with Crippen molar-refractivity contribution in [3.8, 4) is 0 Å². The second-order valence-corrected chi connectivity index (χ2v) is 9.35. The number of rotatable bonds is 6. The minimum atomic E-state index is -0.0500. The molecule has 0 bridgehead atoms. The van der Waals surface area contributed by atoms with Crippen molar-refractivity contribution in [3.05, 3.63) is 54.1 Å².